The first kappa shape index (κ1) is 27.7. The Morgan fingerprint density at radius 3 is 1.54 bits per heavy atom. The first-order chi connectivity index (χ1) is 18.6. The standard InChI is InChI=1S/C28H24O9S2/c29-28(30)27-25(35-18-21-10-4-1-5-11-21)16-24(36-38(31,32)19-22-12-6-2-7-13-22)17-26(27)37-39(33,34)20-23-14-8-3-9-15-23/h1-17H,18-20H2,(H,29,30). The lowest BCUT2D eigenvalue weighted by Gasteiger charge is -2.16. The van der Waals surface area contributed by atoms with Crippen molar-refractivity contribution in [1.82, 2.24) is 0 Å². The molecule has 0 saturated heterocycles. The van der Waals surface area contributed by atoms with Crippen LogP contribution < -0.4 is 13.1 Å². The minimum Gasteiger partial charge on any atom is -0.488 e. The van der Waals surface area contributed by atoms with Crippen molar-refractivity contribution in [2.75, 3.05) is 0 Å². The Labute approximate surface area is 226 Å². The molecular formula is C28H24O9S2. The van der Waals surface area contributed by atoms with Gasteiger partial charge in [-0.05, 0) is 16.7 Å². The third-order valence-corrected chi connectivity index (χ3v) is 7.56. The third-order valence-electron chi connectivity index (χ3n) is 5.30. The van der Waals surface area contributed by atoms with Gasteiger partial charge in [-0.25, -0.2) is 4.79 Å². The van der Waals surface area contributed by atoms with E-state index in [-0.39, 0.29) is 18.1 Å². The average molecular weight is 569 g/mol. The molecule has 0 spiro atoms. The summed E-state index contributed by atoms with van der Waals surface area (Å²) in [7, 11) is -8.58. The predicted molar refractivity (Wildman–Crippen MR) is 144 cm³/mol. The van der Waals surface area contributed by atoms with Crippen molar-refractivity contribution in [3.63, 3.8) is 0 Å². The van der Waals surface area contributed by atoms with Crippen molar-refractivity contribution in [1.29, 1.82) is 0 Å². The summed E-state index contributed by atoms with van der Waals surface area (Å²) in [5.74, 6) is -3.91. The number of aromatic carboxylic acids is 1. The zero-order valence-electron chi connectivity index (χ0n) is 20.5. The lowest BCUT2D eigenvalue weighted by Crippen LogP contribution is -2.16. The van der Waals surface area contributed by atoms with E-state index < -0.39 is 49.0 Å². The van der Waals surface area contributed by atoms with Gasteiger partial charge in [0.1, 0.15) is 35.2 Å². The second-order valence-electron chi connectivity index (χ2n) is 8.42. The Morgan fingerprint density at radius 1 is 0.615 bits per heavy atom. The average Bonchev–Trinajstić information content (AvgIpc) is 2.87. The molecule has 0 bridgehead atoms. The monoisotopic (exact) mass is 568 g/mol. The zero-order valence-corrected chi connectivity index (χ0v) is 22.1. The summed E-state index contributed by atoms with van der Waals surface area (Å²) in [4.78, 5) is 12.2. The highest BCUT2D eigenvalue weighted by Gasteiger charge is 2.27. The Hall–Kier alpha value is -4.35. The van der Waals surface area contributed by atoms with Crippen LogP contribution in [0.3, 0.4) is 0 Å². The summed E-state index contributed by atoms with van der Waals surface area (Å²) >= 11 is 0. The molecule has 0 unspecified atom stereocenters. The van der Waals surface area contributed by atoms with Crippen LogP contribution in [0.25, 0.3) is 0 Å². The summed E-state index contributed by atoms with van der Waals surface area (Å²) in [6, 6.07) is 27.2. The van der Waals surface area contributed by atoms with Gasteiger partial charge in [0.25, 0.3) is 0 Å². The number of carboxylic acids is 1. The fourth-order valence-electron chi connectivity index (χ4n) is 3.64. The highest BCUT2D eigenvalue weighted by Crippen LogP contribution is 2.37. The fourth-order valence-corrected chi connectivity index (χ4v) is 5.75. The highest BCUT2D eigenvalue weighted by atomic mass is 32.2. The molecule has 1 N–H and O–H groups in total. The van der Waals surface area contributed by atoms with Crippen molar-refractivity contribution in [3.8, 4) is 17.2 Å². The molecule has 4 aromatic rings. The van der Waals surface area contributed by atoms with Crippen LogP contribution in [0.2, 0.25) is 0 Å². The van der Waals surface area contributed by atoms with Crippen LogP contribution in [-0.2, 0) is 38.3 Å². The van der Waals surface area contributed by atoms with Gasteiger partial charge in [0.05, 0.1) is 0 Å². The van der Waals surface area contributed by atoms with E-state index in [2.05, 4.69) is 0 Å². The Balaban J connectivity index is 1.71. The Morgan fingerprint density at radius 2 is 1.05 bits per heavy atom. The van der Waals surface area contributed by atoms with E-state index in [0.29, 0.717) is 16.7 Å². The number of ether oxygens (including phenoxy) is 1. The van der Waals surface area contributed by atoms with Crippen LogP contribution in [0.1, 0.15) is 27.0 Å². The maximum Gasteiger partial charge on any atom is 0.343 e. The van der Waals surface area contributed by atoms with Gasteiger partial charge in [-0.15, -0.1) is 0 Å². The Bertz CT molecular complexity index is 1640. The number of hydrogen-bond donors (Lipinski definition) is 1. The second-order valence-corrected chi connectivity index (χ2v) is 11.6. The van der Waals surface area contributed by atoms with Gasteiger partial charge < -0.3 is 18.2 Å². The van der Waals surface area contributed by atoms with Crippen LogP contribution in [-0.4, -0.2) is 27.9 Å². The van der Waals surface area contributed by atoms with Crippen molar-refractivity contribution in [2.45, 2.75) is 18.1 Å². The number of carboxylic acid groups (broad SMARTS) is 1. The molecule has 0 saturated carbocycles. The van der Waals surface area contributed by atoms with Crippen molar-refractivity contribution >= 4 is 26.2 Å². The summed E-state index contributed by atoms with van der Waals surface area (Å²) in [5.41, 5.74) is 0.960. The molecule has 4 rings (SSSR count). The normalized spacial score (nSPS) is 11.5. The molecule has 0 atom stereocenters. The molecule has 0 aromatic heterocycles. The zero-order chi connectivity index (χ0) is 27.9. The van der Waals surface area contributed by atoms with Crippen molar-refractivity contribution in [3.05, 3.63) is 125 Å². The van der Waals surface area contributed by atoms with Gasteiger partial charge in [0, 0.05) is 12.1 Å². The summed E-state index contributed by atoms with van der Waals surface area (Å²) in [6.07, 6.45) is 0. The molecule has 0 fully saturated rings. The van der Waals surface area contributed by atoms with Crippen molar-refractivity contribution < 1.29 is 39.8 Å². The van der Waals surface area contributed by atoms with E-state index in [4.69, 9.17) is 13.1 Å². The van der Waals surface area contributed by atoms with Gasteiger partial charge in [0.15, 0.2) is 5.75 Å². The topological polar surface area (TPSA) is 133 Å². The van der Waals surface area contributed by atoms with Gasteiger partial charge >= 0.3 is 26.2 Å². The quantitative estimate of drug-likeness (QED) is 0.240. The Kier molecular flexibility index (Phi) is 8.52. The number of benzene rings is 4. The van der Waals surface area contributed by atoms with E-state index in [9.17, 15) is 26.7 Å². The third kappa shape index (κ3) is 8.06. The number of carbonyl (C=O) groups is 1. The second kappa shape index (κ2) is 12.0. The summed E-state index contributed by atoms with van der Waals surface area (Å²) in [6.45, 7) is -0.0858. The van der Waals surface area contributed by atoms with E-state index in [1.807, 2.05) is 0 Å². The lowest BCUT2D eigenvalue weighted by molar-refractivity contribution is 0.0689. The molecule has 0 radical (unpaired) electrons. The van der Waals surface area contributed by atoms with Crippen LogP contribution >= 0.6 is 0 Å². The molecule has 0 aliphatic rings. The minimum atomic E-state index is -4.36. The molecule has 0 amide bonds. The highest BCUT2D eigenvalue weighted by molar-refractivity contribution is 7.86. The van der Waals surface area contributed by atoms with Gasteiger partial charge in [0.2, 0.25) is 0 Å². The molecular weight excluding hydrogens is 544 g/mol. The van der Waals surface area contributed by atoms with Gasteiger partial charge in [-0.3, -0.25) is 0 Å². The smallest absolute Gasteiger partial charge is 0.343 e. The maximum atomic E-state index is 12.9. The van der Waals surface area contributed by atoms with Crippen LogP contribution in [0.4, 0.5) is 0 Å². The van der Waals surface area contributed by atoms with Crippen LogP contribution in [0, 0.1) is 0 Å². The summed E-state index contributed by atoms with van der Waals surface area (Å²) in [5, 5.41) is 9.93. The first-order valence-electron chi connectivity index (χ1n) is 11.6. The summed E-state index contributed by atoms with van der Waals surface area (Å²) < 4.78 is 67.4. The minimum absolute atomic E-state index is 0.0858. The first-order valence-corrected chi connectivity index (χ1v) is 14.8. The van der Waals surface area contributed by atoms with Crippen molar-refractivity contribution in [2.24, 2.45) is 0 Å². The van der Waals surface area contributed by atoms with E-state index in [0.717, 1.165) is 12.1 Å². The van der Waals surface area contributed by atoms with Crippen LogP contribution in [0.15, 0.2) is 103 Å². The van der Waals surface area contributed by atoms with Gasteiger partial charge in [-0.1, -0.05) is 91.0 Å². The predicted octanol–water partition coefficient (Wildman–Crippen LogP) is 4.78. The van der Waals surface area contributed by atoms with Crippen LogP contribution in [0.5, 0.6) is 17.2 Å². The molecule has 4 aromatic carbocycles. The molecule has 0 aliphatic heterocycles. The maximum absolute atomic E-state index is 12.9. The SMILES string of the molecule is O=C(O)c1c(OCc2ccccc2)cc(OS(=O)(=O)Cc2ccccc2)cc1OS(=O)(=O)Cc1ccccc1. The molecule has 11 heteroatoms. The van der Waals surface area contributed by atoms with Gasteiger partial charge in [-0.2, -0.15) is 16.8 Å². The number of hydrogen-bond acceptors (Lipinski definition) is 8. The molecule has 0 aliphatic carbocycles. The molecule has 39 heavy (non-hydrogen) atoms. The molecule has 9 nitrogen and oxygen atoms in total. The van der Waals surface area contributed by atoms with E-state index in [1.54, 1.807) is 91.0 Å². The molecule has 0 heterocycles. The number of rotatable bonds is 12. The van der Waals surface area contributed by atoms with E-state index in [1.165, 1.54) is 0 Å². The molecule has 202 valence electrons. The lowest BCUT2D eigenvalue weighted by atomic mass is 10.1. The fraction of sp³-hybridized carbons (Fsp3) is 0.107. The van der Waals surface area contributed by atoms with E-state index >= 15 is 0 Å². The largest absolute Gasteiger partial charge is 0.488 e.